The third-order valence-electron chi connectivity index (χ3n) is 4.79. The highest BCUT2D eigenvalue weighted by Gasteiger charge is 1.98. The van der Waals surface area contributed by atoms with Gasteiger partial charge >= 0.3 is 0 Å². The molecule has 0 bridgehead atoms. The highest BCUT2D eigenvalue weighted by atomic mass is 16.6. The van der Waals surface area contributed by atoms with Crippen LogP contribution in [-0.2, 0) is 30.1 Å². The lowest BCUT2D eigenvalue weighted by molar-refractivity contribution is -0.00978. The smallest absolute Gasteiger partial charge is 0.119 e. The molecule has 0 radical (unpaired) electrons. The van der Waals surface area contributed by atoms with Crippen molar-refractivity contribution in [1.29, 1.82) is 0 Å². The standard InChI is InChI=1S/C25H44O6/c1-3-4-5-6-7-8-9-24-10-12-25(13-11-24)31-23-22-30-21-20-29-19-18-28-17-16-27-15-14-26-2/h10-13H,3-9,14-23H2,1-2H3. The number of benzene rings is 1. The van der Waals surface area contributed by atoms with Gasteiger partial charge in [0, 0.05) is 7.11 Å². The van der Waals surface area contributed by atoms with Crippen LogP contribution in [0.5, 0.6) is 5.75 Å². The van der Waals surface area contributed by atoms with E-state index < -0.39 is 0 Å². The molecule has 0 spiro atoms. The second-order valence-electron chi connectivity index (χ2n) is 7.45. The van der Waals surface area contributed by atoms with Crippen molar-refractivity contribution >= 4 is 0 Å². The molecule has 0 aromatic heterocycles. The van der Waals surface area contributed by atoms with E-state index in [9.17, 15) is 0 Å². The summed E-state index contributed by atoms with van der Waals surface area (Å²) in [6.07, 6.45) is 9.17. The predicted octanol–water partition coefficient (Wildman–Crippen LogP) is 4.68. The average Bonchev–Trinajstić information content (AvgIpc) is 2.79. The predicted molar refractivity (Wildman–Crippen MR) is 124 cm³/mol. The first-order valence-electron chi connectivity index (χ1n) is 11.9. The molecule has 180 valence electrons. The molecule has 0 fully saturated rings. The molecule has 1 aromatic carbocycles. The van der Waals surface area contributed by atoms with Crippen LogP contribution in [0.15, 0.2) is 24.3 Å². The van der Waals surface area contributed by atoms with E-state index in [1.165, 1.54) is 44.1 Å². The van der Waals surface area contributed by atoms with Crippen molar-refractivity contribution in [2.45, 2.75) is 51.9 Å². The van der Waals surface area contributed by atoms with Crippen LogP contribution >= 0.6 is 0 Å². The molecule has 6 nitrogen and oxygen atoms in total. The van der Waals surface area contributed by atoms with E-state index >= 15 is 0 Å². The van der Waals surface area contributed by atoms with Gasteiger partial charge in [0.15, 0.2) is 0 Å². The molecule has 0 saturated carbocycles. The van der Waals surface area contributed by atoms with Gasteiger partial charge in [-0.1, -0.05) is 51.2 Å². The summed E-state index contributed by atoms with van der Waals surface area (Å²) < 4.78 is 32.3. The Kier molecular flexibility index (Phi) is 19.8. The molecule has 6 heteroatoms. The zero-order chi connectivity index (χ0) is 22.2. The largest absolute Gasteiger partial charge is 0.491 e. The maximum Gasteiger partial charge on any atom is 0.119 e. The highest BCUT2D eigenvalue weighted by molar-refractivity contribution is 5.27. The van der Waals surface area contributed by atoms with Crippen LogP contribution in [0.25, 0.3) is 0 Å². The van der Waals surface area contributed by atoms with Crippen molar-refractivity contribution in [3.05, 3.63) is 29.8 Å². The van der Waals surface area contributed by atoms with Crippen LogP contribution in [0.1, 0.15) is 51.0 Å². The molecule has 0 heterocycles. The second-order valence-corrected chi connectivity index (χ2v) is 7.45. The van der Waals surface area contributed by atoms with Gasteiger partial charge in [0.05, 0.1) is 59.5 Å². The molecule has 0 N–H and O–H groups in total. The van der Waals surface area contributed by atoms with Gasteiger partial charge in [-0.25, -0.2) is 0 Å². The van der Waals surface area contributed by atoms with Gasteiger partial charge < -0.3 is 28.4 Å². The molecule has 1 aromatic rings. The van der Waals surface area contributed by atoms with Gasteiger partial charge in [-0.2, -0.15) is 0 Å². The molecular weight excluding hydrogens is 396 g/mol. The Morgan fingerprint density at radius 1 is 0.548 bits per heavy atom. The summed E-state index contributed by atoms with van der Waals surface area (Å²) in [5.74, 6) is 0.898. The first-order chi connectivity index (χ1) is 15.4. The highest BCUT2D eigenvalue weighted by Crippen LogP contribution is 2.15. The Morgan fingerprint density at radius 2 is 1.03 bits per heavy atom. The summed E-state index contributed by atoms with van der Waals surface area (Å²) in [5, 5.41) is 0. The van der Waals surface area contributed by atoms with Gasteiger partial charge in [-0.05, 0) is 30.5 Å². The summed E-state index contributed by atoms with van der Waals surface area (Å²) in [7, 11) is 1.66. The fraction of sp³-hybridized carbons (Fsp3) is 0.760. The molecular formula is C25H44O6. The lowest BCUT2D eigenvalue weighted by Crippen LogP contribution is -2.14. The quantitative estimate of drug-likeness (QED) is 0.230. The lowest BCUT2D eigenvalue weighted by Gasteiger charge is -2.09. The number of aryl methyl sites for hydroxylation is 1. The topological polar surface area (TPSA) is 55.4 Å². The van der Waals surface area contributed by atoms with Crippen molar-refractivity contribution in [2.75, 3.05) is 73.2 Å². The van der Waals surface area contributed by atoms with Crippen molar-refractivity contribution in [3.63, 3.8) is 0 Å². The van der Waals surface area contributed by atoms with Crippen LogP contribution in [-0.4, -0.2) is 73.2 Å². The van der Waals surface area contributed by atoms with Crippen molar-refractivity contribution in [2.24, 2.45) is 0 Å². The van der Waals surface area contributed by atoms with Crippen molar-refractivity contribution < 1.29 is 28.4 Å². The van der Waals surface area contributed by atoms with Crippen molar-refractivity contribution in [1.82, 2.24) is 0 Å². The zero-order valence-corrected chi connectivity index (χ0v) is 19.8. The molecule has 0 aliphatic heterocycles. The zero-order valence-electron chi connectivity index (χ0n) is 19.8. The maximum absolute atomic E-state index is 5.73. The fourth-order valence-electron chi connectivity index (χ4n) is 2.98. The normalized spacial score (nSPS) is 11.2. The molecule has 0 atom stereocenters. The van der Waals surface area contributed by atoms with Gasteiger partial charge in [-0.15, -0.1) is 0 Å². The van der Waals surface area contributed by atoms with Gasteiger partial charge in [0.1, 0.15) is 12.4 Å². The SMILES string of the molecule is CCCCCCCCc1ccc(OCCOCCOCCOCCOCCOC)cc1. The molecule has 0 amide bonds. The van der Waals surface area contributed by atoms with Crippen LogP contribution in [0.2, 0.25) is 0 Å². The number of unbranched alkanes of at least 4 members (excludes halogenated alkanes) is 5. The molecule has 0 aliphatic carbocycles. The summed E-state index contributed by atoms with van der Waals surface area (Å²) in [6.45, 7) is 7.95. The van der Waals surface area contributed by atoms with Gasteiger partial charge in [0.2, 0.25) is 0 Å². The van der Waals surface area contributed by atoms with Crippen LogP contribution in [0, 0.1) is 0 Å². The third-order valence-corrected chi connectivity index (χ3v) is 4.79. The minimum Gasteiger partial charge on any atom is -0.491 e. The summed E-state index contributed by atoms with van der Waals surface area (Å²) >= 11 is 0. The molecule has 0 aliphatic rings. The van der Waals surface area contributed by atoms with E-state index in [0.29, 0.717) is 66.1 Å². The Bertz CT molecular complexity index is 479. The number of hydrogen-bond acceptors (Lipinski definition) is 6. The van der Waals surface area contributed by atoms with E-state index in [2.05, 4.69) is 31.2 Å². The van der Waals surface area contributed by atoms with E-state index in [0.717, 1.165) is 12.2 Å². The molecule has 0 saturated heterocycles. The Labute approximate surface area is 189 Å². The Hall–Kier alpha value is -1.18. The van der Waals surface area contributed by atoms with E-state index in [4.69, 9.17) is 28.4 Å². The summed E-state index contributed by atoms with van der Waals surface area (Å²) in [6, 6.07) is 8.45. The fourth-order valence-corrected chi connectivity index (χ4v) is 2.98. The van der Waals surface area contributed by atoms with Gasteiger partial charge in [0.25, 0.3) is 0 Å². The minimum atomic E-state index is 0.545. The lowest BCUT2D eigenvalue weighted by atomic mass is 10.0. The van der Waals surface area contributed by atoms with Gasteiger partial charge in [-0.3, -0.25) is 0 Å². The molecule has 31 heavy (non-hydrogen) atoms. The number of ether oxygens (including phenoxy) is 6. The van der Waals surface area contributed by atoms with Crippen LogP contribution in [0.3, 0.4) is 0 Å². The monoisotopic (exact) mass is 440 g/mol. The van der Waals surface area contributed by atoms with Crippen molar-refractivity contribution in [3.8, 4) is 5.75 Å². The second kappa shape index (κ2) is 22.0. The minimum absolute atomic E-state index is 0.545. The van der Waals surface area contributed by atoms with Crippen LogP contribution in [0.4, 0.5) is 0 Å². The van der Waals surface area contributed by atoms with E-state index in [-0.39, 0.29) is 0 Å². The molecule has 0 unspecified atom stereocenters. The number of methoxy groups -OCH3 is 1. The average molecular weight is 441 g/mol. The first-order valence-corrected chi connectivity index (χ1v) is 11.9. The maximum atomic E-state index is 5.73. The number of rotatable bonds is 23. The van der Waals surface area contributed by atoms with Crippen LogP contribution < -0.4 is 4.74 Å². The number of hydrogen-bond donors (Lipinski definition) is 0. The van der Waals surface area contributed by atoms with E-state index in [1.54, 1.807) is 7.11 Å². The first kappa shape index (κ1) is 27.9. The van der Waals surface area contributed by atoms with E-state index in [1.807, 2.05) is 0 Å². The third kappa shape index (κ3) is 18.1. The summed E-state index contributed by atoms with van der Waals surface area (Å²) in [4.78, 5) is 0. The molecule has 1 rings (SSSR count). The Morgan fingerprint density at radius 3 is 1.58 bits per heavy atom. The Balaban J connectivity index is 1.86. The summed E-state index contributed by atoms with van der Waals surface area (Å²) in [5.41, 5.74) is 1.39.